The van der Waals surface area contributed by atoms with Crippen molar-refractivity contribution < 1.29 is 28.8 Å². The van der Waals surface area contributed by atoms with Crippen molar-refractivity contribution in [2.45, 2.75) is 106 Å². The van der Waals surface area contributed by atoms with E-state index in [9.17, 15) is 5.11 Å². The monoisotopic (exact) mass is 340 g/mol. The van der Waals surface area contributed by atoms with Crippen molar-refractivity contribution in [2.24, 2.45) is 0 Å². The lowest BCUT2D eigenvalue weighted by Crippen LogP contribution is -2.44. The Balaban J connectivity index is 1.24. The molecular formula is C18H28O6. The third kappa shape index (κ3) is 2.54. The highest BCUT2D eigenvalue weighted by Crippen LogP contribution is 2.47. The molecule has 5 aliphatic rings. The number of ether oxygens (including phenoxy) is 5. The van der Waals surface area contributed by atoms with Gasteiger partial charge in [0.05, 0.1) is 6.61 Å². The number of aliphatic hydroxyl groups is 1. The van der Waals surface area contributed by atoms with Crippen LogP contribution in [-0.2, 0) is 23.7 Å². The normalized spacial score (nSPS) is 46.6. The maximum atomic E-state index is 10.8. The molecule has 136 valence electrons. The highest BCUT2D eigenvalue weighted by Gasteiger charge is 2.60. The van der Waals surface area contributed by atoms with E-state index in [1.807, 2.05) is 0 Å². The lowest BCUT2D eigenvalue weighted by atomic mass is 9.94. The fourth-order valence-corrected chi connectivity index (χ4v) is 5.09. The van der Waals surface area contributed by atoms with Gasteiger partial charge in [-0.15, -0.1) is 0 Å². The summed E-state index contributed by atoms with van der Waals surface area (Å²) in [6.45, 7) is 0.478. The van der Waals surface area contributed by atoms with Crippen LogP contribution in [0, 0.1) is 0 Å². The third-order valence-electron chi connectivity index (χ3n) is 6.39. The minimum atomic E-state index is -0.719. The molecule has 0 aromatic carbocycles. The smallest absolute Gasteiger partial charge is 0.190 e. The van der Waals surface area contributed by atoms with Crippen molar-refractivity contribution in [1.29, 1.82) is 0 Å². The molecule has 6 nitrogen and oxygen atoms in total. The summed E-state index contributed by atoms with van der Waals surface area (Å²) in [7, 11) is 0. The molecule has 5 rings (SSSR count). The molecule has 1 N–H and O–H groups in total. The molecule has 0 aromatic heterocycles. The summed E-state index contributed by atoms with van der Waals surface area (Å²) in [6, 6.07) is 0. The van der Waals surface area contributed by atoms with Crippen LogP contribution in [-0.4, -0.2) is 54.0 Å². The number of aliphatic hydroxyl groups excluding tert-OH is 1. The fraction of sp³-hybridized carbons (Fsp3) is 1.00. The van der Waals surface area contributed by atoms with E-state index in [1.54, 1.807) is 0 Å². The summed E-state index contributed by atoms with van der Waals surface area (Å²) in [5.74, 6) is -0.979. The average molecular weight is 340 g/mol. The van der Waals surface area contributed by atoms with Gasteiger partial charge in [0.15, 0.2) is 17.9 Å². The summed E-state index contributed by atoms with van der Waals surface area (Å²) in [5, 5.41) is 10.8. The first kappa shape index (κ1) is 16.0. The summed E-state index contributed by atoms with van der Waals surface area (Å²) >= 11 is 0. The quantitative estimate of drug-likeness (QED) is 0.789. The van der Waals surface area contributed by atoms with Gasteiger partial charge < -0.3 is 28.8 Å². The molecule has 5 atom stereocenters. The Hall–Kier alpha value is -0.240. The topological polar surface area (TPSA) is 66.4 Å². The molecule has 0 bridgehead atoms. The maximum absolute atomic E-state index is 10.8. The first-order valence-electron chi connectivity index (χ1n) is 9.70. The first-order valence-corrected chi connectivity index (χ1v) is 9.70. The van der Waals surface area contributed by atoms with Crippen molar-refractivity contribution in [3.05, 3.63) is 0 Å². The van der Waals surface area contributed by atoms with Gasteiger partial charge in [0.1, 0.15) is 24.4 Å². The van der Waals surface area contributed by atoms with Crippen molar-refractivity contribution in [3.63, 3.8) is 0 Å². The Kier molecular flexibility index (Phi) is 3.92. The van der Waals surface area contributed by atoms with Gasteiger partial charge in [0.25, 0.3) is 0 Å². The van der Waals surface area contributed by atoms with E-state index in [1.165, 1.54) is 12.8 Å². The molecule has 0 amide bonds. The van der Waals surface area contributed by atoms with Gasteiger partial charge in [-0.3, -0.25) is 0 Å². The van der Waals surface area contributed by atoms with Crippen LogP contribution < -0.4 is 0 Å². The van der Waals surface area contributed by atoms with Gasteiger partial charge >= 0.3 is 0 Å². The zero-order valence-electron chi connectivity index (χ0n) is 14.2. The van der Waals surface area contributed by atoms with Gasteiger partial charge in [-0.25, -0.2) is 0 Å². The van der Waals surface area contributed by atoms with Gasteiger partial charge in [0.2, 0.25) is 0 Å². The second-order valence-electron chi connectivity index (χ2n) is 8.07. The second kappa shape index (κ2) is 5.89. The molecule has 3 heterocycles. The molecule has 3 saturated heterocycles. The molecule has 5 fully saturated rings. The summed E-state index contributed by atoms with van der Waals surface area (Å²) in [5.41, 5.74) is 0. The fourth-order valence-electron chi connectivity index (χ4n) is 5.09. The predicted octanol–water partition coefficient (Wildman–Crippen LogP) is 2.22. The highest BCUT2D eigenvalue weighted by atomic mass is 16.8. The van der Waals surface area contributed by atoms with E-state index in [0.717, 1.165) is 51.4 Å². The van der Waals surface area contributed by atoms with Crippen LogP contribution >= 0.6 is 0 Å². The lowest BCUT2D eigenvalue weighted by Gasteiger charge is -2.34. The first-order chi connectivity index (χ1) is 11.7. The van der Waals surface area contributed by atoms with Crippen LogP contribution in [0.4, 0.5) is 0 Å². The zero-order chi connectivity index (χ0) is 16.2. The van der Waals surface area contributed by atoms with Gasteiger partial charge in [0, 0.05) is 25.7 Å². The van der Waals surface area contributed by atoms with Crippen molar-refractivity contribution in [1.82, 2.24) is 0 Å². The molecule has 0 unspecified atom stereocenters. The Bertz CT molecular complexity index is 470. The molecule has 2 aliphatic carbocycles. The molecule has 2 saturated carbocycles. The molecule has 2 spiro atoms. The van der Waals surface area contributed by atoms with Crippen LogP contribution in [0.3, 0.4) is 0 Å². The Morgan fingerprint density at radius 3 is 2.04 bits per heavy atom. The molecule has 6 heteroatoms. The summed E-state index contributed by atoms with van der Waals surface area (Å²) < 4.78 is 30.5. The van der Waals surface area contributed by atoms with Gasteiger partial charge in [-0.1, -0.05) is 12.8 Å². The van der Waals surface area contributed by atoms with E-state index in [-0.39, 0.29) is 6.10 Å². The Morgan fingerprint density at radius 1 is 0.708 bits per heavy atom. The molecule has 0 radical (unpaired) electrons. The molecule has 3 aliphatic heterocycles. The highest BCUT2D eigenvalue weighted by molar-refractivity contribution is 5.00. The Morgan fingerprint density at radius 2 is 1.38 bits per heavy atom. The Labute approximate surface area is 142 Å². The third-order valence-corrected chi connectivity index (χ3v) is 6.39. The minimum absolute atomic E-state index is 0.238. The summed E-state index contributed by atoms with van der Waals surface area (Å²) in [6.07, 6.45) is 8.38. The predicted molar refractivity (Wildman–Crippen MR) is 83.1 cm³/mol. The number of rotatable bonds is 1. The average Bonchev–Trinajstić information content (AvgIpc) is 3.23. The van der Waals surface area contributed by atoms with E-state index < -0.39 is 36.2 Å². The molecule has 0 aromatic rings. The number of fused-ring (bicyclic) bond motifs is 1. The van der Waals surface area contributed by atoms with Crippen LogP contribution in [0.1, 0.15) is 64.2 Å². The van der Waals surface area contributed by atoms with E-state index >= 15 is 0 Å². The van der Waals surface area contributed by atoms with Crippen LogP contribution in [0.2, 0.25) is 0 Å². The number of hydrogen-bond donors (Lipinski definition) is 1. The molecule has 24 heavy (non-hydrogen) atoms. The number of hydrogen-bond acceptors (Lipinski definition) is 6. The second-order valence-corrected chi connectivity index (χ2v) is 8.07. The van der Waals surface area contributed by atoms with Gasteiger partial charge in [-0.2, -0.15) is 0 Å². The molecular weight excluding hydrogens is 312 g/mol. The largest absolute Gasteiger partial charge is 0.387 e. The van der Waals surface area contributed by atoms with Gasteiger partial charge in [-0.05, 0) is 25.7 Å². The van der Waals surface area contributed by atoms with Crippen LogP contribution in [0.5, 0.6) is 0 Å². The van der Waals surface area contributed by atoms with Crippen molar-refractivity contribution >= 4 is 0 Å². The SMILES string of the molecule is O[C@H]1[C@H]2OC3(CCCCC3)O[C@H]2O[C@@H]1[C@H]1COC2(CCCCC2)O1. The standard InChI is InChI=1S/C18H28O6/c19-13-14(12-11-20-17(22-12)7-3-1-4-8-17)21-16-15(13)23-18(24-16)9-5-2-6-10-18/h12-16,19H,1-11H2/t12-,13-,14-,15-,16-/m1/s1. The summed E-state index contributed by atoms with van der Waals surface area (Å²) in [4.78, 5) is 0. The van der Waals surface area contributed by atoms with Crippen molar-refractivity contribution in [3.8, 4) is 0 Å². The van der Waals surface area contributed by atoms with Crippen LogP contribution in [0.25, 0.3) is 0 Å². The van der Waals surface area contributed by atoms with E-state index in [0.29, 0.717) is 6.61 Å². The van der Waals surface area contributed by atoms with Crippen LogP contribution in [0.15, 0.2) is 0 Å². The van der Waals surface area contributed by atoms with E-state index in [2.05, 4.69) is 0 Å². The van der Waals surface area contributed by atoms with E-state index in [4.69, 9.17) is 23.7 Å². The lowest BCUT2D eigenvalue weighted by molar-refractivity contribution is -0.259. The maximum Gasteiger partial charge on any atom is 0.190 e. The van der Waals surface area contributed by atoms with Crippen molar-refractivity contribution in [2.75, 3.05) is 6.61 Å². The zero-order valence-corrected chi connectivity index (χ0v) is 14.2. The minimum Gasteiger partial charge on any atom is -0.387 e.